The smallest absolute Gasteiger partial charge is 0.250 e. The number of hydrogen-bond donors (Lipinski definition) is 2. The molecular weight excluding hydrogens is 302 g/mol. The molecule has 0 bridgehead atoms. The molecule has 5 nitrogen and oxygen atoms in total. The summed E-state index contributed by atoms with van der Waals surface area (Å²) in [7, 11) is -3.47. The van der Waals surface area contributed by atoms with Crippen molar-refractivity contribution in [3.63, 3.8) is 0 Å². The summed E-state index contributed by atoms with van der Waals surface area (Å²) in [5, 5.41) is 0.774. The van der Waals surface area contributed by atoms with Gasteiger partial charge in [-0.1, -0.05) is 6.92 Å². The van der Waals surface area contributed by atoms with Gasteiger partial charge in [0.2, 0.25) is 10.0 Å². The van der Waals surface area contributed by atoms with Crippen LogP contribution in [0, 0.1) is 0 Å². The highest BCUT2D eigenvalue weighted by atomic mass is 32.2. The molecule has 2 rings (SSSR count). The molecule has 0 radical (unpaired) electrons. The first-order valence-electron chi connectivity index (χ1n) is 5.77. The predicted molar refractivity (Wildman–Crippen MR) is 77.7 cm³/mol. The zero-order valence-electron chi connectivity index (χ0n) is 10.4. The van der Waals surface area contributed by atoms with Gasteiger partial charge in [0, 0.05) is 22.5 Å². The van der Waals surface area contributed by atoms with Crippen molar-refractivity contribution in [2.45, 2.75) is 30.6 Å². The zero-order chi connectivity index (χ0) is 13.9. The van der Waals surface area contributed by atoms with Gasteiger partial charge in [-0.25, -0.2) is 18.1 Å². The van der Waals surface area contributed by atoms with E-state index in [4.69, 9.17) is 5.73 Å². The van der Waals surface area contributed by atoms with Gasteiger partial charge in [-0.2, -0.15) is 0 Å². The molecule has 2 aromatic rings. The number of nitrogens with zero attached hydrogens (tertiary/aromatic N) is 1. The number of thiophene rings is 1. The van der Waals surface area contributed by atoms with Gasteiger partial charge < -0.3 is 5.73 Å². The standard InChI is InChI=1S/C11H15N3O2S3/c1-2-8-6-13-10(17-8)7-14-19(15,16)11-4-3-9(5-12)18-11/h3-4,6,14H,2,5,7,12H2,1H3. The first kappa shape index (κ1) is 14.6. The van der Waals surface area contributed by atoms with Crippen molar-refractivity contribution in [2.24, 2.45) is 5.73 Å². The van der Waals surface area contributed by atoms with E-state index in [9.17, 15) is 8.42 Å². The Morgan fingerprint density at radius 1 is 1.32 bits per heavy atom. The van der Waals surface area contributed by atoms with E-state index in [1.165, 1.54) is 22.7 Å². The van der Waals surface area contributed by atoms with Gasteiger partial charge in [0.05, 0.1) is 6.54 Å². The average Bonchev–Trinajstić information content (AvgIpc) is 3.05. The largest absolute Gasteiger partial charge is 0.326 e. The number of thiazole rings is 1. The highest BCUT2D eigenvalue weighted by Gasteiger charge is 2.16. The lowest BCUT2D eigenvalue weighted by atomic mass is 10.4. The van der Waals surface area contributed by atoms with Crippen molar-refractivity contribution in [3.8, 4) is 0 Å². The quantitative estimate of drug-likeness (QED) is 0.849. The average molecular weight is 317 g/mol. The van der Waals surface area contributed by atoms with E-state index in [0.717, 1.165) is 21.2 Å². The van der Waals surface area contributed by atoms with E-state index in [0.29, 0.717) is 10.8 Å². The van der Waals surface area contributed by atoms with Gasteiger partial charge in [-0.3, -0.25) is 0 Å². The van der Waals surface area contributed by atoms with Crippen molar-refractivity contribution in [2.75, 3.05) is 0 Å². The molecule has 0 amide bonds. The van der Waals surface area contributed by atoms with Crippen LogP contribution in [0.25, 0.3) is 0 Å². The molecule has 2 aromatic heterocycles. The summed E-state index contributed by atoms with van der Waals surface area (Å²) in [6, 6.07) is 3.31. The Labute approximate surface area is 120 Å². The molecule has 0 aliphatic heterocycles. The molecule has 0 aromatic carbocycles. The third-order valence-electron chi connectivity index (χ3n) is 2.47. The lowest BCUT2D eigenvalue weighted by Crippen LogP contribution is -2.22. The van der Waals surface area contributed by atoms with Crippen molar-refractivity contribution in [1.29, 1.82) is 0 Å². The molecule has 104 valence electrons. The second-order valence-electron chi connectivity index (χ2n) is 3.82. The molecule has 0 saturated heterocycles. The minimum atomic E-state index is -3.47. The second-order valence-corrected chi connectivity index (χ2v) is 8.19. The van der Waals surface area contributed by atoms with Gasteiger partial charge in [-0.05, 0) is 18.6 Å². The fourth-order valence-electron chi connectivity index (χ4n) is 1.43. The number of hydrogen-bond acceptors (Lipinski definition) is 6. The van der Waals surface area contributed by atoms with Crippen LogP contribution in [-0.2, 0) is 29.5 Å². The number of nitrogens with two attached hydrogens (primary N) is 1. The molecule has 3 N–H and O–H groups in total. The Balaban J connectivity index is 2.05. The first-order valence-corrected chi connectivity index (χ1v) is 8.88. The zero-order valence-corrected chi connectivity index (χ0v) is 12.9. The molecule has 0 unspecified atom stereocenters. The van der Waals surface area contributed by atoms with Gasteiger partial charge in [-0.15, -0.1) is 22.7 Å². The highest BCUT2D eigenvalue weighted by molar-refractivity contribution is 7.91. The molecule has 0 spiro atoms. The number of nitrogens with one attached hydrogen (secondary N) is 1. The van der Waals surface area contributed by atoms with E-state index < -0.39 is 10.0 Å². The number of aromatic nitrogens is 1. The van der Waals surface area contributed by atoms with Crippen LogP contribution in [0.5, 0.6) is 0 Å². The summed E-state index contributed by atoms with van der Waals surface area (Å²) in [4.78, 5) is 6.18. The van der Waals surface area contributed by atoms with Crippen molar-refractivity contribution < 1.29 is 8.42 Å². The monoisotopic (exact) mass is 317 g/mol. The molecule has 0 aliphatic rings. The van der Waals surface area contributed by atoms with Gasteiger partial charge in [0.1, 0.15) is 9.22 Å². The Kier molecular flexibility index (Phi) is 4.69. The van der Waals surface area contributed by atoms with Crippen molar-refractivity contribution in [1.82, 2.24) is 9.71 Å². The van der Waals surface area contributed by atoms with Crippen LogP contribution in [0.1, 0.15) is 21.7 Å². The Hall–Kier alpha value is -0.800. The van der Waals surface area contributed by atoms with Crippen LogP contribution in [0.3, 0.4) is 0 Å². The fraction of sp³-hybridized carbons (Fsp3) is 0.364. The maximum absolute atomic E-state index is 12.0. The van der Waals surface area contributed by atoms with Crippen LogP contribution in [0.4, 0.5) is 0 Å². The van der Waals surface area contributed by atoms with Crippen LogP contribution in [-0.4, -0.2) is 13.4 Å². The third-order valence-corrected chi connectivity index (χ3v) is 6.61. The molecular formula is C11H15N3O2S3. The van der Waals surface area contributed by atoms with E-state index in [1.807, 2.05) is 6.92 Å². The summed E-state index contributed by atoms with van der Waals surface area (Å²) in [6.07, 6.45) is 2.70. The maximum atomic E-state index is 12.0. The molecule has 2 heterocycles. The van der Waals surface area contributed by atoms with Gasteiger partial charge in [0.15, 0.2) is 0 Å². The third kappa shape index (κ3) is 3.61. The van der Waals surface area contributed by atoms with E-state index in [1.54, 1.807) is 18.3 Å². The Morgan fingerprint density at radius 2 is 2.11 bits per heavy atom. The van der Waals surface area contributed by atoms with E-state index >= 15 is 0 Å². The lowest BCUT2D eigenvalue weighted by molar-refractivity contribution is 0.583. The minimum absolute atomic E-state index is 0.225. The first-order chi connectivity index (χ1) is 9.05. The Bertz CT molecular complexity index is 646. The summed E-state index contributed by atoms with van der Waals surface area (Å²) in [5.41, 5.74) is 5.48. The summed E-state index contributed by atoms with van der Waals surface area (Å²) >= 11 is 2.72. The predicted octanol–water partition coefficient (Wildman–Crippen LogP) is 1.70. The molecule has 0 fully saturated rings. The number of rotatable bonds is 6. The summed E-state index contributed by atoms with van der Waals surface area (Å²) in [5.74, 6) is 0. The SMILES string of the molecule is CCc1cnc(CNS(=O)(=O)c2ccc(CN)s2)s1. The minimum Gasteiger partial charge on any atom is -0.326 e. The molecule has 0 saturated carbocycles. The van der Waals surface area contributed by atoms with E-state index in [-0.39, 0.29) is 6.54 Å². The molecule has 0 aliphatic carbocycles. The van der Waals surface area contributed by atoms with Crippen LogP contribution < -0.4 is 10.5 Å². The normalized spacial score (nSPS) is 11.9. The van der Waals surface area contributed by atoms with Crippen molar-refractivity contribution >= 4 is 32.7 Å². The highest BCUT2D eigenvalue weighted by Crippen LogP contribution is 2.21. The maximum Gasteiger partial charge on any atom is 0.250 e. The van der Waals surface area contributed by atoms with Crippen LogP contribution in [0.2, 0.25) is 0 Å². The fourth-order valence-corrected chi connectivity index (χ4v) is 4.59. The van der Waals surface area contributed by atoms with Gasteiger partial charge in [0.25, 0.3) is 0 Å². The van der Waals surface area contributed by atoms with Crippen molar-refractivity contribution in [3.05, 3.63) is 33.1 Å². The molecule has 0 atom stereocenters. The topological polar surface area (TPSA) is 85.1 Å². The second kappa shape index (κ2) is 6.10. The van der Waals surface area contributed by atoms with Crippen LogP contribution in [0.15, 0.2) is 22.5 Å². The van der Waals surface area contributed by atoms with E-state index in [2.05, 4.69) is 9.71 Å². The number of sulfonamides is 1. The summed E-state index contributed by atoms with van der Waals surface area (Å²) < 4.78 is 26.9. The van der Waals surface area contributed by atoms with Gasteiger partial charge >= 0.3 is 0 Å². The Morgan fingerprint density at radius 3 is 2.68 bits per heavy atom. The summed E-state index contributed by atoms with van der Waals surface area (Å²) in [6.45, 7) is 2.62. The van der Waals surface area contributed by atoms with Crippen LogP contribution >= 0.6 is 22.7 Å². The molecule has 19 heavy (non-hydrogen) atoms. The molecule has 8 heteroatoms. The lowest BCUT2D eigenvalue weighted by Gasteiger charge is -2.02. The number of aryl methyl sites for hydroxylation is 1.